The summed E-state index contributed by atoms with van der Waals surface area (Å²) in [6, 6.07) is 6.06. The predicted octanol–water partition coefficient (Wildman–Crippen LogP) is 2.04. The Morgan fingerprint density at radius 2 is 1.63 bits per heavy atom. The van der Waals surface area contributed by atoms with Gasteiger partial charge < -0.3 is 14.4 Å². The average Bonchev–Trinajstić information content (AvgIpc) is 2.57. The van der Waals surface area contributed by atoms with Gasteiger partial charge in [0, 0.05) is 0 Å². The molecule has 4 heteroatoms. The van der Waals surface area contributed by atoms with E-state index in [-0.39, 0.29) is 24.9 Å². The average molecular weight is 262 g/mol. The highest BCUT2D eigenvalue weighted by molar-refractivity contribution is 6.62. The van der Waals surface area contributed by atoms with Gasteiger partial charge in [-0.25, -0.2) is 0 Å². The molecule has 0 radical (unpaired) electrons. The van der Waals surface area contributed by atoms with Crippen LogP contribution in [0, 0.1) is 0 Å². The lowest BCUT2D eigenvalue weighted by Gasteiger charge is -2.32. The minimum Gasteiger partial charge on any atom is -0.399 e. The van der Waals surface area contributed by atoms with Crippen LogP contribution < -0.4 is 5.46 Å². The first kappa shape index (κ1) is 14.6. The minimum atomic E-state index is -0.360. The summed E-state index contributed by atoms with van der Waals surface area (Å²) in [5.41, 5.74) is 2.43. The molecule has 19 heavy (non-hydrogen) atoms. The van der Waals surface area contributed by atoms with Crippen molar-refractivity contribution in [1.82, 2.24) is 0 Å². The van der Waals surface area contributed by atoms with Crippen molar-refractivity contribution in [3.63, 3.8) is 0 Å². The summed E-state index contributed by atoms with van der Waals surface area (Å²) in [5.74, 6) is 0. The van der Waals surface area contributed by atoms with Crippen LogP contribution in [0.1, 0.15) is 45.7 Å². The molecule has 1 fully saturated rings. The molecule has 3 nitrogen and oxygen atoms in total. The lowest BCUT2D eigenvalue weighted by molar-refractivity contribution is 0.00578. The highest BCUT2D eigenvalue weighted by Gasteiger charge is 2.51. The first-order valence-corrected chi connectivity index (χ1v) is 6.89. The summed E-state index contributed by atoms with van der Waals surface area (Å²) < 4.78 is 12.0. The summed E-state index contributed by atoms with van der Waals surface area (Å²) in [7, 11) is -0.360. The molecular weight excluding hydrogens is 239 g/mol. The van der Waals surface area contributed by atoms with Crippen LogP contribution in [-0.4, -0.2) is 23.4 Å². The fourth-order valence-corrected chi connectivity index (χ4v) is 2.26. The number of aliphatic hydroxyl groups excluding tert-OH is 1. The third-order valence-corrected chi connectivity index (χ3v) is 4.31. The van der Waals surface area contributed by atoms with Crippen molar-refractivity contribution in [2.75, 3.05) is 0 Å². The van der Waals surface area contributed by atoms with Crippen LogP contribution in [0.25, 0.3) is 0 Å². The van der Waals surface area contributed by atoms with E-state index in [4.69, 9.17) is 9.31 Å². The Labute approximate surface area is 116 Å². The second-order valence-corrected chi connectivity index (χ2v) is 6.13. The third kappa shape index (κ3) is 2.57. The lowest BCUT2D eigenvalue weighted by Crippen LogP contribution is -2.41. The van der Waals surface area contributed by atoms with Gasteiger partial charge >= 0.3 is 7.12 Å². The fourth-order valence-electron chi connectivity index (χ4n) is 2.26. The monoisotopic (exact) mass is 262 g/mol. The Kier molecular flexibility index (Phi) is 3.78. The van der Waals surface area contributed by atoms with Gasteiger partial charge in [-0.15, -0.1) is 0 Å². The van der Waals surface area contributed by atoms with Crippen molar-refractivity contribution in [2.24, 2.45) is 0 Å². The summed E-state index contributed by atoms with van der Waals surface area (Å²) in [5, 5.41) is 9.44. The SMILES string of the molecule is CCc1ccc(B2OC(C)(C)C(C)(C)O2)cc1CO. The van der Waals surface area contributed by atoms with Crippen molar-refractivity contribution in [3.8, 4) is 0 Å². The van der Waals surface area contributed by atoms with Gasteiger partial charge in [0.15, 0.2) is 0 Å². The highest BCUT2D eigenvalue weighted by Crippen LogP contribution is 2.36. The second-order valence-electron chi connectivity index (χ2n) is 6.13. The van der Waals surface area contributed by atoms with E-state index in [1.54, 1.807) is 0 Å². The third-order valence-electron chi connectivity index (χ3n) is 4.31. The lowest BCUT2D eigenvalue weighted by atomic mass is 9.77. The molecule has 1 saturated heterocycles. The minimum absolute atomic E-state index is 0.0521. The molecule has 104 valence electrons. The maximum absolute atomic E-state index is 9.44. The Bertz CT molecular complexity index is 452. The normalized spacial score (nSPS) is 20.8. The zero-order valence-corrected chi connectivity index (χ0v) is 12.5. The van der Waals surface area contributed by atoms with Crippen molar-refractivity contribution >= 4 is 12.6 Å². The molecule has 0 atom stereocenters. The Morgan fingerprint density at radius 3 is 2.11 bits per heavy atom. The standard InChI is InChI=1S/C15H23BO3/c1-6-11-7-8-13(9-12(11)10-17)16-18-14(2,3)15(4,5)19-16/h7-9,17H,6,10H2,1-5H3. The van der Waals surface area contributed by atoms with E-state index in [1.807, 2.05) is 45.9 Å². The molecule has 1 aliphatic rings. The molecule has 0 unspecified atom stereocenters. The molecule has 0 amide bonds. The van der Waals surface area contributed by atoms with Crippen LogP contribution in [0.3, 0.4) is 0 Å². The van der Waals surface area contributed by atoms with Crippen molar-refractivity contribution in [3.05, 3.63) is 29.3 Å². The Hall–Kier alpha value is -0.835. The predicted molar refractivity (Wildman–Crippen MR) is 77.5 cm³/mol. The van der Waals surface area contributed by atoms with Crippen molar-refractivity contribution in [2.45, 2.75) is 58.8 Å². The highest BCUT2D eigenvalue weighted by atomic mass is 16.7. The van der Waals surface area contributed by atoms with E-state index in [0.717, 1.165) is 17.4 Å². The topological polar surface area (TPSA) is 38.7 Å². The van der Waals surface area contributed by atoms with Gasteiger partial charge in [-0.3, -0.25) is 0 Å². The molecule has 0 aromatic heterocycles. The maximum Gasteiger partial charge on any atom is 0.494 e. The summed E-state index contributed by atoms with van der Waals surface area (Å²) >= 11 is 0. The largest absolute Gasteiger partial charge is 0.494 e. The first-order chi connectivity index (χ1) is 8.80. The van der Waals surface area contributed by atoms with E-state index in [1.165, 1.54) is 5.56 Å². The van der Waals surface area contributed by atoms with E-state index >= 15 is 0 Å². The number of rotatable bonds is 3. The molecule has 0 saturated carbocycles. The van der Waals surface area contributed by atoms with Crippen LogP contribution in [0.5, 0.6) is 0 Å². The van der Waals surface area contributed by atoms with Crippen LogP contribution in [0.15, 0.2) is 18.2 Å². The van der Waals surface area contributed by atoms with Gasteiger partial charge in [-0.2, -0.15) is 0 Å². The number of benzene rings is 1. The van der Waals surface area contributed by atoms with E-state index < -0.39 is 0 Å². The van der Waals surface area contributed by atoms with Gasteiger partial charge in [-0.1, -0.05) is 25.1 Å². The summed E-state index contributed by atoms with van der Waals surface area (Å²) in [6.45, 7) is 10.3. The quantitative estimate of drug-likeness (QED) is 0.847. The zero-order chi connectivity index (χ0) is 14.3. The molecule has 1 heterocycles. The van der Waals surface area contributed by atoms with E-state index in [2.05, 4.69) is 6.92 Å². The van der Waals surface area contributed by atoms with Crippen LogP contribution in [0.4, 0.5) is 0 Å². The molecule has 1 aliphatic heterocycles. The molecule has 1 aromatic rings. The molecule has 1 N–H and O–H groups in total. The molecular formula is C15H23BO3. The van der Waals surface area contributed by atoms with Crippen LogP contribution in [-0.2, 0) is 22.3 Å². The molecule has 1 aromatic carbocycles. The van der Waals surface area contributed by atoms with Gasteiger partial charge in [0.2, 0.25) is 0 Å². The second kappa shape index (κ2) is 4.93. The number of hydrogen-bond acceptors (Lipinski definition) is 3. The molecule has 0 bridgehead atoms. The number of aryl methyl sites for hydroxylation is 1. The van der Waals surface area contributed by atoms with Crippen molar-refractivity contribution < 1.29 is 14.4 Å². The summed E-state index contributed by atoms with van der Waals surface area (Å²) in [6.07, 6.45) is 0.916. The van der Waals surface area contributed by atoms with E-state index in [9.17, 15) is 5.11 Å². The number of aliphatic hydroxyl groups is 1. The van der Waals surface area contributed by atoms with Gasteiger partial charge in [0.05, 0.1) is 17.8 Å². The Morgan fingerprint density at radius 1 is 1.05 bits per heavy atom. The first-order valence-electron chi connectivity index (χ1n) is 6.89. The van der Waals surface area contributed by atoms with Crippen LogP contribution in [0.2, 0.25) is 0 Å². The van der Waals surface area contributed by atoms with Gasteiger partial charge in [0.25, 0.3) is 0 Å². The molecule has 0 spiro atoms. The molecule has 2 rings (SSSR count). The number of hydrogen-bond donors (Lipinski definition) is 1. The maximum atomic E-state index is 9.44. The smallest absolute Gasteiger partial charge is 0.399 e. The fraction of sp³-hybridized carbons (Fsp3) is 0.600. The summed E-state index contributed by atoms with van der Waals surface area (Å²) in [4.78, 5) is 0. The van der Waals surface area contributed by atoms with Gasteiger partial charge in [-0.05, 0) is 50.7 Å². The van der Waals surface area contributed by atoms with Gasteiger partial charge in [0.1, 0.15) is 0 Å². The van der Waals surface area contributed by atoms with Crippen LogP contribution >= 0.6 is 0 Å². The molecule has 0 aliphatic carbocycles. The zero-order valence-electron chi connectivity index (χ0n) is 12.5. The van der Waals surface area contributed by atoms with E-state index in [0.29, 0.717) is 0 Å². The van der Waals surface area contributed by atoms with Crippen molar-refractivity contribution in [1.29, 1.82) is 0 Å². The Balaban J connectivity index is 2.30.